The second-order valence-electron chi connectivity index (χ2n) is 2.55. The first-order valence-corrected chi connectivity index (χ1v) is 4.31. The van der Waals surface area contributed by atoms with E-state index in [-0.39, 0.29) is 0 Å². The number of methoxy groups -OCH3 is 2. The van der Waals surface area contributed by atoms with Crippen LogP contribution >= 0.6 is 0 Å². The van der Waals surface area contributed by atoms with Crippen molar-refractivity contribution >= 4 is 11.9 Å². The van der Waals surface area contributed by atoms with Crippen LogP contribution in [0.1, 0.15) is 19.8 Å². The summed E-state index contributed by atoms with van der Waals surface area (Å²) >= 11 is 0. The molecule has 0 aromatic rings. The molecule has 78 valence electrons. The van der Waals surface area contributed by atoms with Gasteiger partial charge in [0.1, 0.15) is 0 Å². The lowest BCUT2D eigenvalue weighted by molar-refractivity contribution is -0.155. The summed E-state index contributed by atoms with van der Waals surface area (Å²) in [6, 6.07) is 0. The van der Waals surface area contributed by atoms with Crippen LogP contribution in [0.15, 0.2) is 0 Å². The van der Waals surface area contributed by atoms with E-state index in [9.17, 15) is 9.59 Å². The second-order valence-corrected chi connectivity index (χ2v) is 2.55. The molecule has 0 aliphatic rings. The van der Waals surface area contributed by atoms with Crippen LogP contribution in [0.3, 0.4) is 0 Å². The molecule has 0 rings (SSSR count). The Morgan fingerprint density at radius 1 is 1.21 bits per heavy atom. The van der Waals surface area contributed by atoms with Crippen LogP contribution in [0.25, 0.3) is 0 Å². The molecule has 0 N–H and O–H groups in total. The summed E-state index contributed by atoms with van der Waals surface area (Å²) in [6.45, 7) is 1.96. The third kappa shape index (κ3) is 3.94. The number of hydrogen-bond acceptors (Lipinski definition) is 4. The van der Waals surface area contributed by atoms with Gasteiger partial charge in [-0.3, -0.25) is 9.59 Å². The zero-order valence-corrected chi connectivity index (χ0v) is 8.62. The lowest BCUT2D eigenvalue weighted by atomic mass is 10.1. The molecule has 0 saturated carbocycles. The van der Waals surface area contributed by atoms with E-state index < -0.39 is 17.9 Å². The summed E-state index contributed by atoms with van der Waals surface area (Å²) in [5, 5.41) is 0. The average molecular weight is 198 g/mol. The van der Waals surface area contributed by atoms with Gasteiger partial charge in [-0.1, -0.05) is 12.8 Å². The van der Waals surface area contributed by atoms with Crippen molar-refractivity contribution in [1.29, 1.82) is 0 Å². The summed E-state index contributed by atoms with van der Waals surface area (Å²) in [5.74, 6) is 2.76. The van der Waals surface area contributed by atoms with Gasteiger partial charge in [-0.2, -0.15) is 0 Å². The van der Waals surface area contributed by atoms with E-state index in [0.717, 1.165) is 6.42 Å². The lowest BCUT2D eigenvalue weighted by Gasteiger charge is -2.04. The van der Waals surface area contributed by atoms with Crippen molar-refractivity contribution in [3.05, 3.63) is 0 Å². The van der Waals surface area contributed by atoms with E-state index in [0.29, 0.717) is 6.42 Å². The van der Waals surface area contributed by atoms with Crippen LogP contribution in [0, 0.1) is 17.8 Å². The summed E-state index contributed by atoms with van der Waals surface area (Å²) in [4.78, 5) is 22.2. The second kappa shape index (κ2) is 6.96. The molecule has 0 amide bonds. The zero-order chi connectivity index (χ0) is 11.0. The van der Waals surface area contributed by atoms with Crippen molar-refractivity contribution in [2.24, 2.45) is 5.92 Å². The third-order valence-electron chi connectivity index (χ3n) is 1.50. The van der Waals surface area contributed by atoms with E-state index >= 15 is 0 Å². The molecule has 0 atom stereocenters. The number of carbonyl (C=O) groups excluding carboxylic acids is 2. The van der Waals surface area contributed by atoms with E-state index in [2.05, 4.69) is 21.3 Å². The molecule has 0 aromatic heterocycles. The predicted octanol–water partition coefficient (Wildman–Crippen LogP) is 0.752. The molecule has 0 heterocycles. The van der Waals surface area contributed by atoms with E-state index in [1.165, 1.54) is 14.2 Å². The summed E-state index contributed by atoms with van der Waals surface area (Å²) in [7, 11) is 2.42. The van der Waals surface area contributed by atoms with E-state index in [1.807, 2.05) is 6.92 Å². The Bertz CT molecular complexity index is 243. The predicted molar refractivity (Wildman–Crippen MR) is 50.2 cm³/mol. The number of rotatable bonds is 3. The van der Waals surface area contributed by atoms with Gasteiger partial charge in [-0.05, 0) is 6.42 Å². The molecule has 0 spiro atoms. The van der Waals surface area contributed by atoms with Crippen molar-refractivity contribution in [2.75, 3.05) is 14.2 Å². The van der Waals surface area contributed by atoms with Gasteiger partial charge in [0.2, 0.25) is 5.92 Å². The Morgan fingerprint density at radius 2 is 1.71 bits per heavy atom. The maximum absolute atomic E-state index is 11.1. The molecule has 0 unspecified atom stereocenters. The SMILES string of the molecule is CCCC#CC(C(=O)OC)C(=O)OC. The number of hydrogen-bond donors (Lipinski definition) is 0. The van der Waals surface area contributed by atoms with Gasteiger partial charge in [0.15, 0.2) is 0 Å². The standard InChI is InChI=1S/C10H14O4/c1-4-5-6-7-8(9(11)13-2)10(12)14-3/h8H,4-5H2,1-3H3. The topological polar surface area (TPSA) is 52.6 Å². The molecule has 0 saturated heterocycles. The van der Waals surface area contributed by atoms with Gasteiger partial charge in [-0.15, -0.1) is 5.92 Å². The minimum Gasteiger partial charge on any atom is -0.468 e. The zero-order valence-electron chi connectivity index (χ0n) is 8.62. The largest absolute Gasteiger partial charge is 0.468 e. The van der Waals surface area contributed by atoms with Crippen molar-refractivity contribution in [3.8, 4) is 11.8 Å². The number of carbonyl (C=O) groups is 2. The van der Waals surface area contributed by atoms with Gasteiger partial charge >= 0.3 is 11.9 Å². The molecule has 0 aliphatic carbocycles. The molecule has 14 heavy (non-hydrogen) atoms. The Morgan fingerprint density at radius 3 is 2.07 bits per heavy atom. The molecule has 4 nitrogen and oxygen atoms in total. The maximum atomic E-state index is 11.1. The lowest BCUT2D eigenvalue weighted by Crippen LogP contribution is -2.25. The molecule has 0 bridgehead atoms. The normalized spacial score (nSPS) is 8.86. The fourth-order valence-corrected chi connectivity index (χ4v) is 0.749. The van der Waals surface area contributed by atoms with Crippen molar-refractivity contribution in [2.45, 2.75) is 19.8 Å². The molecule has 0 radical (unpaired) electrons. The third-order valence-corrected chi connectivity index (χ3v) is 1.50. The van der Waals surface area contributed by atoms with Crippen LogP contribution in [-0.2, 0) is 19.1 Å². The van der Waals surface area contributed by atoms with E-state index in [4.69, 9.17) is 0 Å². The Balaban J connectivity index is 4.50. The highest BCUT2D eigenvalue weighted by atomic mass is 16.5. The van der Waals surface area contributed by atoms with E-state index in [1.54, 1.807) is 0 Å². The highest BCUT2D eigenvalue weighted by molar-refractivity contribution is 5.98. The van der Waals surface area contributed by atoms with Crippen LogP contribution in [0.2, 0.25) is 0 Å². The average Bonchev–Trinajstić information content (AvgIpc) is 2.22. The highest BCUT2D eigenvalue weighted by Crippen LogP contribution is 2.00. The van der Waals surface area contributed by atoms with Crippen molar-refractivity contribution in [3.63, 3.8) is 0 Å². The molecule has 0 fully saturated rings. The van der Waals surface area contributed by atoms with Gasteiger partial charge < -0.3 is 9.47 Å². The van der Waals surface area contributed by atoms with Crippen molar-refractivity contribution < 1.29 is 19.1 Å². The summed E-state index contributed by atoms with van der Waals surface area (Å²) < 4.78 is 8.85. The Kier molecular flexibility index (Phi) is 6.21. The van der Waals surface area contributed by atoms with Crippen LogP contribution < -0.4 is 0 Å². The maximum Gasteiger partial charge on any atom is 0.332 e. The first kappa shape index (κ1) is 12.5. The molecular formula is C10H14O4. The first-order valence-electron chi connectivity index (χ1n) is 4.31. The van der Waals surface area contributed by atoms with Gasteiger partial charge in [0.05, 0.1) is 14.2 Å². The fourth-order valence-electron chi connectivity index (χ4n) is 0.749. The smallest absolute Gasteiger partial charge is 0.332 e. The number of ether oxygens (including phenoxy) is 2. The Labute approximate surface area is 83.6 Å². The monoisotopic (exact) mass is 198 g/mol. The molecule has 4 heteroatoms. The molecular weight excluding hydrogens is 184 g/mol. The molecule has 0 aromatic carbocycles. The Hall–Kier alpha value is -1.50. The summed E-state index contributed by atoms with van der Waals surface area (Å²) in [5.41, 5.74) is 0. The van der Waals surface area contributed by atoms with Gasteiger partial charge in [0, 0.05) is 6.42 Å². The van der Waals surface area contributed by atoms with Crippen LogP contribution in [0.5, 0.6) is 0 Å². The van der Waals surface area contributed by atoms with Gasteiger partial charge in [-0.25, -0.2) is 0 Å². The number of esters is 2. The van der Waals surface area contributed by atoms with Crippen LogP contribution in [0.4, 0.5) is 0 Å². The minimum absolute atomic E-state index is 0.643. The van der Waals surface area contributed by atoms with Crippen molar-refractivity contribution in [1.82, 2.24) is 0 Å². The molecule has 0 aliphatic heterocycles. The van der Waals surface area contributed by atoms with Gasteiger partial charge in [0.25, 0.3) is 0 Å². The first-order chi connectivity index (χ1) is 6.67. The fraction of sp³-hybridized carbons (Fsp3) is 0.600. The number of unbranched alkanes of at least 4 members (excludes halogenated alkanes) is 1. The minimum atomic E-state index is -1.11. The summed E-state index contributed by atoms with van der Waals surface area (Å²) in [6.07, 6.45) is 1.52. The quantitative estimate of drug-likeness (QED) is 0.381. The highest BCUT2D eigenvalue weighted by Gasteiger charge is 2.26. The van der Waals surface area contributed by atoms with Crippen LogP contribution in [-0.4, -0.2) is 26.2 Å².